The smallest absolute Gasteiger partial charge is 0.0402 e. The van der Waals surface area contributed by atoms with Crippen molar-refractivity contribution in [2.45, 2.75) is 109 Å². The van der Waals surface area contributed by atoms with Gasteiger partial charge >= 0.3 is 0 Å². The van der Waals surface area contributed by atoms with E-state index in [0.29, 0.717) is 17.3 Å². The standard InChI is InChI=1S/C30H50.C2H6O/c1-13-14-18-23(2)25(28(6,7)8)22-29(9,10)30(11,12)26(21-27(3,4)5)24-19-16-15-17-20-24;1-2-3/h13-20,25-26H,21-22H2,1-12H3;3H,2H2,1H3/b14-13-,23-18+;. The summed E-state index contributed by atoms with van der Waals surface area (Å²) in [5.74, 6) is 1.07. The Morgan fingerprint density at radius 2 is 1.36 bits per heavy atom. The molecule has 0 amide bonds. The van der Waals surface area contributed by atoms with Crippen LogP contribution in [0.25, 0.3) is 0 Å². The van der Waals surface area contributed by atoms with Crippen molar-refractivity contribution in [1.29, 1.82) is 0 Å². The summed E-state index contributed by atoms with van der Waals surface area (Å²) in [6.45, 7) is 30.7. The van der Waals surface area contributed by atoms with Gasteiger partial charge in [-0.05, 0) is 72.7 Å². The van der Waals surface area contributed by atoms with E-state index in [4.69, 9.17) is 5.11 Å². The lowest BCUT2D eigenvalue weighted by molar-refractivity contribution is 0.0228. The summed E-state index contributed by atoms with van der Waals surface area (Å²) >= 11 is 0. The van der Waals surface area contributed by atoms with Crippen molar-refractivity contribution < 1.29 is 5.11 Å². The average Bonchev–Trinajstić information content (AvgIpc) is 2.68. The van der Waals surface area contributed by atoms with E-state index in [1.54, 1.807) is 6.92 Å². The van der Waals surface area contributed by atoms with Gasteiger partial charge in [-0.2, -0.15) is 0 Å². The van der Waals surface area contributed by atoms with Crippen molar-refractivity contribution in [3.63, 3.8) is 0 Å². The minimum absolute atomic E-state index is 0.159. The van der Waals surface area contributed by atoms with Gasteiger partial charge in [-0.1, -0.05) is 123 Å². The fourth-order valence-electron chi connectivity index (χ4n) is 4.85. The predicted molar refractivity (Wildman–Crippen MR) is 150 cm³/mol. The van der Waals surface area contributed by atoms with Gasteiger partial charge in [0.2, 0.25) is 0 Å². The molecular formula is C32H56O. The topological polar surface area (TPSA) is 20.2 Å². The van der Waals surface area contributed by atoms with Crippen LogP contribution in [0.2, 0.25) is 0 Å². The lowest BCUT2D eigenvalue weighted by Gasteiger charge is -2.52. The van der Waals surface area contributed by atoms with Crippen LogP contribution in [-0.4, -0.2) is 11.7 Å². The monoisotopic (exact) mass is 456 g/mol. The van der Waals surface area contributed by atoms with Gasteiger partial charge in [0.05, 0.1) is 0 Å². The average molecular weight is 457 g/mol. The van der Waals surface area contributed by atoms with Crippen molar-refractivity contribution in [1.82, 2.24) is 0 Å². The first-order valence-electron chi connectivity index (χ1n) is 12.9. The number of aliphatic hydroxyl groups is 1. The number of benzene rings is 1. The van der Waals surface area contributed by atoms with E-state index in [2.05, 4.69) is 132 Å². The highest BCUT2D eigenvalue weighted by atomic mass is 16.2. The maximum Gasteiger partial charge on any atom is 0.0402 e. The first-order valence-corrected chi connectivity index (χ1v) is 12.9. The summed E-state index contributed by atoms with van der Waals surface area (Å²) in [6.07, 6.45) is 9.03. The Kier molecular flexibility index (Phi) is 12.4. The largest absolute Gasteiger partial charge is 0.397 e. The van der Waals surface area contributed by atoms with E-state index in [0.717, 1.165) is 0 Å². The van der Waals surface area contributed by atoms with Crippen LogP contribution in [0, 0.1) is 27.6 Å². The molecular weight excluding hydrogens is 400 g/mol. The van der Waals surface area contributed by atoms with Crippen molar-refractivity contribution in [3.05, 3.63) is 59.7 Å². The maximum absolute atomic E-state index is 7.57. The molecule has 33 heavy (non-hydrogen) atoms. The van der Waals surface area contributed by atoms with Crippen molar-refractivity contribution in [2.24, 2.45) is 27.6 Å². The third-order valence-electron chi connectivity index (χ3n) is 7.49. The van der Waals surface area contributed by atoms with Crippen LogP contribution in [-0.2, 0) is 0 Å². The van der Waals surface area contributed by atoms with Crippen molar-refractivity contribution >= 4 is 0 Å². The molecule has 1 aromatic carbocycles. The van der Waals surface area contributed by atoms with Crippen LogP contribution in [0.4, 0.5) is 0 Å². The molecule has 0 radical (unpaired) electrons. The second-order valence-corrected chi connectivity index (χ2v) is 13.2. The van der Waals surface area contributed by atoms with Gasteiger partial charge in [-0.3, -0.25) is 0 Å². The second-order valence-electron chi connectivity index (χ2n) is 13.2. The van der Waals surface area contributed by atoms with E-state index in [9.17, 15) is 0 Å². The molecule has 1 nitrogen and oxygen atoms in total. The van der Waals surface area contributed by atoms with Gasteiger partial charge in [0.25, 0.3) is 0 Å². The quantitative estimate of drug-likeness (QED) is 0.386. The van der Waals surface area contributed by atoms with Crippen LogP contribution in [0.1, 0.15) is 114 Å². The zero-order valence-electron chi connectivity index (χ0n) is 24.3. The fraction of sp³-hybridized carbons (Fsp3) is 0.688. The Morgan fingerprint density at radius 3 is 1.76 bits per heavy atom. The van der Waals surface area contributed by atoms with E-state index >= 15 is 0 Å². The van der Waals surface area contributed by atoms with Crippen LogP contribution >= 0.6 is 0 Å². The molecule has 190 valence electrons. The molecule has 2 atom stereocenters. The van der Waals surface area contributed by atoms with Gasteiger partial charge in [0.15, 0.2) is 0 Å². The molecule has 0 aromatic heterocycles. The minimum Gasteiger partial charge on any atom is -0.397 e. The molecule has 0 aliphatic heterocycles. The summed E-state index contributed by atoms with van der Waals surface area (Å²) < 4.78 is 0. The van der Waals surface area contributed by atoms with E-state index < -0.39 is 0 Å². The van der Waals surface area contributed by atoms with Gasteiger partial charge in [-0.25, -0.2) is 0 Å². The molecule has 2 unspecified atom stereocenters. The first-order chi connectivity index (χ1) is 14.9. The van der Waals surface area contributed by atoms with Gasteiger partial charge < -0.3 is 5.11 Å². The minimum atomic E-state index is 0.159. The molecule has 0 bridgehead atoms. The predicted octanol–water partition coefficient (Wildman–Crippen LogP) is 9.83. The van der Waals surface area contributed by atoms with Crippen LogP contribution in [0.3, 0.4) is 0 Å². The SMILES string of the molecule is C/C=C\C=C(/C)C(CC(C)(C)C(C)(C)C(CC(C)(C)C)c1ccccc1)C(C)(C)C.CCO. The zero-order chi connectivity index (χ0) is 26.1. The molecule has 1 rings (SSSR count). The van der Waals surface area contributed by atoms with Gasteiger partial charge in [-0.15, -0.1) is 0 Å². The number of allylic oxidation sites excluding steroid dienone is 4. The maximum atomic E-state index is 7.57. The van der Waals surface area contributed by atoms with E-state index in [1.165, 1.54) is 24.0 Å². The molecule has 1 aromatic rings. The summed E-state index contributed by atoms with van der Waals surface area (Å²) in [5.41, 5.74) is 3.85. The summed E-state index contributed by atoms with van der Waals surface area (Å²) in [4.78, 5) is 0. The van der Waals surface area contributed by atoms with Gasteiger partial charge in [0, 0.05) is 6.61 Å². The molecule has 0 spiro atoms. The zero-order valence-corrected chi connectivity index (χ0v) is 24.3. The van der Waals surface area contributed by atoms with Crippen LogP contribution in [0.15, 0.2) is 54.1 Å². The molecule has 0 saturated carbocycles. The normalized spacial score (nSPS) is 15.8. The Bertz CT molecular complexity index is 720. The Morgan fingerprint density at radius 1 is 0.879 bits per heavy atom. The summed E-state index contributed by atoms with van der Waals surface area (Å²) in [5, 5.41) is 7.57. The number of hydrogen-bond acceptors (Lipinski definition) is 1. The lowest BCUT2D eigenvalue weighted by atomic mass is 9.53. The first kappa shape index (κ1) is 31.7. The Hall–Kier alpha value is -1.34. The molecule has 1 N–H and O–H groups in total. The summed E-state index contributed by atoms with van der Waals surface area (Å²) in [6, 6.07) is 11.2. The summed E-state index contributed by atoms with van der Waals surface area (Å²) in [7, 11) is 0. The van der Waals surface area contributed by atoms with Gasteiger partial charge in [0.1, 0.15) is 0 Å². The highest BCUT2D eigenvalue weighted by molar-refractivity contribution is 5.24. The third kappa shape index (κ3) is 10.2. The lowest BCUT2D eigenvalue weighted by Crippen LogP contribution is -2.42. The molecule has 0 aliphatic carbocycles. The van der Waals surface area contributed by atoms with E-state index in [1.807, 2.05) is 0 Å². The van der Waals surface area contributed by atoms with E-state index in [-0.39, 0.29) is 22.9 Å². The molecule has 0 aliphatic rings. The van der Waals surface area contributed by atoms with Crippen LogP contribution in [0.5, 0.6) is 0 Å². The number of hydrogen-bond donors (Lipinski definition) is 1. The molecule has 0 fully saturated rings. The molecule has 1 heteroatoms. The Labute approximate surface area is 207 Å². The third-order valence-corrected chi connectivity index (χ3v) is 7.49. The highest BCUT2D eigenvalue weighted by Crippen LogP contribution is 2.57. The van der Waals surface area contributed by atoms with Crippen molar-refractivity contribution in [3.8, 4) is 0 Å². The fourth-order valence-corrected chi connectivity index (χ4v) is 4.85. The highest BCUT2D eigenvalue weighted by Gasteiger charge is 2.46. The molecule has 0 heterocycles. The number of aliphatic hydroxyl groups excluding tert-OH is 1. The van der Waals surface area contributed by atoms with Crippen LogP contribution < -0.4 is 0 Å². The number of rotatable bonds is 8. The van der Waals surface area contributed by atoms with Crippen molar-refractivity contribution in [2.75, 3.05) is 6.61 Å². The second kappa shape index (κ2) is 12.9. The molecule has 0 saturated heterocycles. The Balaban J connectivity index is 0.00000322.